The number of anilines is 1. The average Bonchev–Trinajstić information content (AvgIpc) is 2.45. The highest BCUT2D eigenvalue weighted by Crippen LogP contribution is 2.28. The summed E-state index contributed by atoms with van der Waals surface area (Å²) in [5.41, 5.74) is 2.86. The molecule has 3 nitrogen and oxygen atoms in total. The van der Waals surface area contributed by atoms with Crippen molar-refractivity contribution >= 4 is 17.3 Å². The third-order valence-corrected chi connectivity index (χ3v) is 3.60. The van der Waals surface area contributed by atoms with E-state index < -0.39 is 6.10 Å². The zero-order valence-corrected chi connectivity index (χ0v) is 12.5. The van der Waals surface area contributed by atoms with Gasteiger partial charge in [0.05, 0.1) is 16.8 Å². The van der Waals surface area contributed by atoms with Crippen LogP contribution < -0.4 is 4.90 Å². The van der Waals surface area contributed by atoms with Gasteiger partial charge in [-0.1, -0.05) is 23.7 Å². The van der Waals surface area contributed by atoms with Crippen LogP contribution in [-0.4, -0.2) is 23.7 Å². The maximum Gasteiger partial charge on any atom is 0.0762 e. The molecule has 1 heterocycles. The Morgan fingerprint density at radius 2 is 2.10 bits per heavy atom. The highest BCUT2D eigenvalue weighted by molar-refractivity contribution is 6.33. The van der Waals surface area contributed by atoms with Gasteiger partial charge in [0.2, 0.25) is 0 Å². The first-order chi connectivity index (χ1) is 9.58. The molecule has 4 heteroatoms. The average molecular weight is 291 g/mol. The molecule has 0 aliphatic carbocycles. The molecule has 106 valence electrons. The summed E-state index contributed by atoms with van der Waals surface area (Å²) in [6.45, 7) is 2.57. The van der Waals surface area contributed by atoms with E-state index in [1.165, 1.54) is 0 Å². The molecule has 0 aliphatic rings. The molecule has 0 bridgehead atoms. The molecule has 0 radical (unpaired) electrons. The fourth-order valence-corrected chi connectivity index (χ4v) is 2.37. The lowest BCUT2D eigenvalue weighted by Crippen LogP contribution is -2.21. The lowest BCUT2D eigenvalue weighted by molar-refractivity contribution is 0.199. The third-order valence-electron chi connectivity index (χ3n) is 3.29. The van der Waals surface area contributed by atoms with Crippen molar-refractivity contribution in [1.82, 2.24) is 4.98 Å². The summed E-state index contributed by atoms with van der Waals surface area (Å²) in [4.78, 5) is 6.41. The molecule has 0 fully saturated rings. The normalized spacial score (nSPS) is 12.2. The van der Waals surface area contributed by atoms with Crippen LogP contribution in [0, 0.1) is 0 Å². The summed E-state index contributed by atoms with van der Waals surface area (Å²) in [5, 5.41) is 10.2. The van der Waals surface area contributed by atoms with E-state index in [9.17, 15) is 5.11 Å². The van der Waals surface area contributed by atoms with Crippen LogP contribution in [0.3, 0.4) is 0 Å². The molecular formula is C16H19ClN2O. The van der Waals surface area contributed by atoms with Crippen molar-refractivity contribution in [2.75, 3.05) is 18.5 Å². The quantitative estimate of drug-likeness (QED) is 0.916. The largest absolute Gasteiger partial charge is 0.389 e. The van der Waals surface area contributed by atoms with Crippen molar-refractivity contribution in [1.29, 1.82) is 0 Å². The van der Waals surface area contributed by atoms with Gasteiger partial charge in [0, 0.05) is 31.9 Å². The summed E-state index contributed by atoms with van der Waals surface area (Å²) in [6.07, 6.45) is 2.17. The minimum absolute atomic E-state index is 0.500. The minimum atomic E-state index is -0.500. The van der Waals surface area contributed by atoms with Crippen LogP contribution in [0.25, 0.3) is 0 Å². The molecule has 0 saturated heterocycles. The fraction of sp³-hybridized carbons (Fsp3) is 0.312. The molecular weight excluding hydrogens is 272 g/mol. The van der Waals surface area contributed by atoms with E-state index in [-0.39, 0.29) is 0 Å². The van der Waals surface area contributed by atoms with Gasteiger partial charge in [-0.25, -0.2) is 0 Å². The molecule has 1 aromatic carbocycles. The predicted octanol–water partition coefficient (Wildman–Crippen LogP) is 3.47. The molecule has 20 heavy (non-hydrogen) atoms. The van der Waals surface area contributed by atoms with Crippen molar-refractivity contribution in [3.05, 3.63) is 58.9 Å². The van der Waals surface area contributed by atoms with Gasteiger partial charge in [-0.3, -0.25) is 4.98 Å². The first-order valence-electron chi connectivity index (χ1n) is 6.66. The topological polar surface area (TPSA) is 36.4 Å². The molecule has 0 amide bonds. The van der Waals surface area contributed by atoms with E-state index >= 15 is 0 Å². The molecule has 0 spiro atoms. The van der Waals surface area contributed by atoms with Gasteiger partial charge in [-0.15, -0.1) is 0 Å². The molecule has 1 aromatic heterocycles. The maximum atomic E-state index is 9.55. The van der Waals surface area contributed by atoms with Crippen LogP contribution in [0.15, 0.2) is 42.6 Å². The van der Waals surface area contributed by atoms with Crippen molar-refractivity contribution in [2.45, 2.75) is 19.4 Å². The smallest absolute Gasteiger partial charge is 0.0762 e. The molecule has 2 rings (SSSR count). The van der Waals surface area contributed by atoms with Crippen LogP contribution in [0.1, 0.15) is 24.3 Å². The summed E-state index contributed by atoms with van der Waals surface area (Å²) < 4.78 is 0. The Hall–Kier alpha value is -1.58. The Kier molecular flexibility index (Phi) is 4.99. The molecule has 0 unspecified atom stereocenters. The number of aliphatic hydroxyl groups is 1. The number of halogens is 1. The standard InChI is InChI=1S/C16H19ClN2O/c1-12(20)13-6-7-16(15(17)11-13)19(2)10-8-14-5-3-4-9-18-14/h3-7,9,11-12,20H,8,10H2,1-2H3/t12-/m1/s1. The van der Waals surface area contributed by atoms with Crippen LogP contribution in [0.2, 0.25) is 5.02 Å². The van der Waals surface area contributed by atoms with Crippen molar-refractivity contribution < 1.29 is 5.11 Å². The number of aromatic nitrogens is 1. The van der Waals surface area contributed by atoms with Crippen LogP contribution >= 0.6 is 11.6 Å². The van der Waals surface area contributed by atoms with E-state index in [1.54, 1.807) is 13.1 Å². The fourth-order valence-electron chi connectivity index (χ4n) is 2.04. The summed E-state index contributed by atoms with van der Waals surface area (Å²) >= 11 is 6.28. The maximum absolute atomic E-state index is 9.55. The van der Waals surface area contributed by atoms with E-state index in [0.29, 0.717) is 5.02 Å². The lowest BCUT2D eigenvalue weighted by Gasteiger charge is -2.21. The summed E-state index contributed by atoms with van der Waals surface area (Å²) in [5.74, 6) is 0. The van der Waals surface area contributed by atoms with E-state index in [1.807, 2.05) is 43.4 Å². The lowest BCUT2D eigenvalue weighted by atomic mass is 10.1. The van der Waals surface area contributed by atoms with Crippen LogP contribution in [-0.2, 0) is 6.42 Å². The Labute approximate surface area is 124 Å². The predicted molar refractivity (Wildman–Crippen MR) is 83.3 cm³/mol. The highest BCUT2D eigenvalue weighted by Gasteiger charge is 2.09. The molecule has 2 aromatic rings. The summed E-state index contributed by atoms with van der Waals surface area (Å²) in [7, 11) is 2.01. The molecule has 1 N–H and O–H groups in total. The van der Waals surface area contributed by atoms with Gasteiger partial charge < -0.3 is 10.0 Å². The monoisotopic (exact) mass is 290 g/mol. The van der Waals surface area contributed by atoms with Gasteiger partial charge >= 0.3 is 0 Å². The zero-order valence-electron chi connectivity index (χ0n) is 11.8. The number of hydrogen-bond acceptors (Lipinski definition) is 3. The third kappa shape index (κ3) is 3.71. The van der Waals surface area contributed by atoms with Crippen LogP contribution in [0.5, 0.6) is 0 Å². The van der Waals surface area contributed by atoms with E-state index in [0.717, 1.165) is 29.9 Å². The Balaban J connectivity index is 2.04. The second-order valence-corrected chi connectivity index (χ2v) is 5.29. The number of benzene rings is 1. The second kappa shape index (κ2) is 6.73. The number of nitrogens with zero attached hydrogens (tertiary/aromatic N) is 2. The van der Waals surface area contributed by atoms with Crippen LogP contribution in [0.4, 0.5) is 5.69 Å². The molecule has 0 aliphatic heterocycles. The number of likely N-dealkylation sites (N-methyl/N-ethyl adjacent to an activating group) is 1. The number of hydrogen-bond donors (Lipinski definition) is 1. The number of rotatable bonds is 5. The van der Waals surface area contributed by atoms with E-state index in [2.05, 4.69) is 9.88 Å². The number of pyridine rings is 1. The van der Waals surface area contributed by atoms with Crippen molar-refractivity contribution in [3.8, 4) is 0 Å². The highest BCUT2D eigenvalue weighted by atomic mass is 35.5. The van der Waals surface area contributed by atoms with Crippen molar-refractivity contribution in [3.63, 3.8) is 0 Å². The number of aliphatic hydroxyl groups excluding tert-OH is 1. The van der Waals surface area contributed by atoms with Gasteiger partial charge in [0.1, 0.15) is 0 Å². The Morgan fingerprint density at radius 1 is 1.30 bits per heavy atom. The van der Waals surface area contributed by atoms with Gasteiger partial charge in [-0.05, 0) is 36.8 Å². The van der Waals surface area contributed by atoms with Crippen molar-refractivity contribution in [2.24, 2.45) is 0 Å². The first kappa shape index (κ1) is 14.8. The Morgan fingerprint density at radius 3 is 2.70 bits per heavy atom. The zero-order chi connectivity index (χ0) is 14.5. The van der Waals surface area contributed by atoms with E-state index in [4.69, 9.17) is 11.6 Å². The SMILES string of the molecule is C[C@@H](O)c1ccc(N(C)CCc2ccccn2)c(Cl)c1. The summed E-state index contributed by atoms with van der Waals surface area (Å²) in [6, 6.07) is 11.6. The van der Waals surface area contributed by atoms with Gasteiger partial charge in [0.15, 0.2) is 0 Å². The Bertz CT molecular complexity index is 558. The first-order valence-corrected chi connectivity index (χ1v) is 7.04. The second-order valence-electron chi connectivity index (χ2n) is 4.88. The molecule has 0 saturated carbocycles. The minimum Gasteiger partial charge on any atom is -0.389 e. The molecule has 1 atom stereocenters. The van der Waals surface area contributed by atoms with Gasteiger partial charge in [-0.2, -0.15) is 0 Å². The van der Waals surface area contributed by atoms with Gasteiger partial charge in [0.25, 0.3) is 0 Å².